The van der Waals surface area contributed by atoms with Crippen LogP contribution < -0.4 is 10.6 Å². The zero-order valence-corrected chi connectivity index (χ0v) is 15.8. The normalized spacial score (nSPS) is 16.3. The van der Waals surface area contributed by atoms with Crippen molar-refractivity contribution in [2.45, 2.75) is 33.2 Å². The fourth-order valence-corrected chi connectivity index (χ4v) is 3.43. The van der Waals surface area contributed by atoms with Gasteiger partial charge in [0.05, 0.1) is 17.8 Å². The van der Waals surface area contributed by atoms with Gasteiger partial charge in [0.15, 0.2) is 5.78 Å². The Bertz CT molecular complexity index is 831. The Labute approximate surface area is 159 Å². The van der Waals surface area contributed by atoms with E-state index in [-0.39, 0.29) is 11.2 Å². The topological polar surface area (TPSA) is 66.9 Å². The predicted octanol–water partition coefficient (Wildman–Crippen LogP) is 3.65. The number of nitrogens with one attached hydrogen (secondary N) is 2. The molecule has 1 aliphatic rings. The number of carbonyl (C=O) groups excluding carboxylic acids is 1. The van der Waals surface area contributed by atoms with Crippen molar-refractivity contribution in [1.29, 1.82) is 0 Å². The van der Waals surface area contributed by atoms with Crippen LogP contribution in [-0.4, -0.2) is 20.7 Å². The highest BCUT2D eigenvalue weighted by molar-refractivity contribution is 7.81. The van der Waals surface area contributed by atoms with Crippen molar-refractivity contribution in [3.05, 3.63) is 65.9 Å². The van der Waals surface area contributed by atoms with Crippen LogP contribution in [0.3, 0.4) is 0 Å². The van der Waals surface area contributed by atoms with Crippen LogP contribution in [0.5, 0.6) is 0 Å². The maximum Gasteiger partial charge on any atom is 0.168 e. The van der Waals surface area contributed by atoms with Crippen LogP contribution in [0, 0.1) is 5.41 Å². The summed E-state index contributed by atoms with van der Waals surface area (Å²) in [6.07, 6.45) is 4.47. The van der Waals surface area contributed by atoms with E-state index in [1.807, 2.05) is 36.4 Å². The monoisotopic (exact) mass is 366 g/mol. The van der Waals surface area contributed by atoms with Crippen LogP contribution in [0.4, 0.5) is 5.69 Å². The molecule has 1 aromatic carbocycles. The summed E-state index contributed by atoms with van der Waals surface area (Å²) in [7, 11) is 0. The third-order valence-corrected chi connectivity index (χ3v) is 4.57. The highest BCUT2D eigenvalue weighted by Crippen LogP contribution is 2.36. The molecule has 1 heterocycles. The lowest BCUT2D eigenvalue weighted by Gasteiger charge is -2.33. The number of thiocarbonyl (C=S) groups is 1. The van der Waals surface area contributed by atoms with Gasteiger partial charge in [-0.3, -0.25) is 4.79 Å². The maximum absolute atomic E-state index is 12.8. The first-order valence-electron chi connectivity index (χ1n) is 8.56. The molecule has 0 fully saturated rings. The van der Waals surface area contributed by atoms with Crippen LogP contribution in [0.2, 0.25) is 0 Å². The van der Waals surface area contributed by atoms with Gasteiger partial charge in [0.25, 0.3) is 0 Å². The van der Waals surface area contributed by atoms with Crippen LogP contribution in [-0.2, 0) is 11.3 Å². The first-order valence-corrected chi connectivity index (χ1v) is 8.97. The first-order chi connectivity index (χ1) is 12.4. The summed E-state index contributed by atoms with van der Waals surface area (Å²) in [6.45, 7) is 4.72. The number of anilines is 1. The molecule has 2 aromatic rings. The maximum atomic E-state index is 12.8. The molecule has 0 aliphatic heterocycles. The van der Waals surface area contributed by atoms with E-state index in [1.54, 1.807) is 6.20 Å². The van der Waals surface area contributed by atoms with Crippen molar-refractivity contribution in [3.63, 3.8) is 0 Å². The lowest BCUT2D eigenvalue weighted by atomic mass is 9.75. The number of allylic oxidation sites excluding steroid dienone is 1. The molecule has 2 N–H and O–H groups in total. The lowest BCUT2D eigenvalue weighted by molar-refractivity contribution is -0.117. The number of Topliss-reactive ketones (excluding diaryl/α,β-unsaturated/α-hetero) is 1. The lowest BCUT2D eigenvalue weighted by Crippen LogP contribution is -2.35. The fourth-order valence-electron chi connectivity index (χ4n) is 3.07. The Hall–Kier alpha value is -2.60. The van der Waals surface area contributed by atoms with Crippen molar-refractivity contribution in [2.24, 2.45) is 5.41 Å². The Balaban J connectivity index is 1.85. The van der Waals surface area contributed by atoms with E-state index in [1.165, 1.54) is 6.33 Å². The van der Waals surface area contributed by atoms with Crippen molar-refractivity contribution < 1.29 is 4.79 Å². The number of hydrogen-bond acceptors (Lipinski definition) is 5. The molecular weight excluding hydrogens is 344 g/mol. The first kappa shape index (κ1) is 18.2. The van der Waals surface area contributed by atoms with Gasteiger partial charge in [-0.2, -0.15) is 0 Å². The molecule has 0 atom stereocenters. The zero-order valence-electron chi connectivity index (χ0n) is 15.0. The average molecular weight is 366 g/mol. The summed E-state index contributed by atoms with van der Waals surface area (Å²) in [4.78, 5) is 21.4. The van der Waals surface area contributed by atoms with Gasteiger partial charge < -0.3 is 10.6 Å². The van der Waals surface area contributed by atoms with E-state index >= 15 is 0 Å². The van der Waals surface area contributed by atoms with Crippen LogP contribution in [0.25, 0.3) is 0 Å². The minimum atomic E-state index is -0.100. The number of rotatable bonds is 5. The Kier molecular flexibility index (Phi) is 5.42. The van der Waals surface area contributed by atoms with Gasteiger partial charge in [0, 0.05) is 24.0 Å². The molecule has 0 saturated heterocycles. The summed E-state index contributed by atoms with van der Waals surface area (Å²) in [6, 6.07) is 11.5. The molecule has 26 heavy (non-hydrogen) atoms. The molecule has 0 unspecified atom stereocenters. The molecule has 5 nitrogen and oxygen atoms in total. The van der Waals surface area contributed by atoms with Gasteiger partial charge in [-0.25, -0.2) is 9.97 Å². The van der Waals surface area contributed by atoms with E-state index < -0.39 is 0 Å². The minimum absolute atomic E-state index is 0.0693. The van der Waals surface area contributed by atoms with Crippen LogP contribution in [0.1, 0.15) is 32.4 Å². The second-order valence-electron chi connectivity index (χ2n) is 7.17. The highest BCUT2D eigenvalue weighted by atomic mass is 32.1. The standard InChI is InChI=1S/C20H22N4OS/c1-20(2)10-16(22-12-15-8-9-21-13-23-15)18(17(25)11-20)19(26)24-14-6-4-3-5-7-14/h3-9,13,22H,10-12H2,1-2H3,(H,24,26). The van der Waals surface area contributed by atoms with Crippen molar-refractivity contribution >= 4 is 28.7 Å². The number of ketones is 1. The van der Waals surface area contributed by atoms with Crippen LogP contribution in [0.15, 0.2) is 60.2 Å². The second-order valence-corrected chi connectivity index (χ2v) is 7.58. The molecule has 0 saturated carbocycles. The number of benzene rings is 1. The number of nitrogens with zero attached hydrogens (tertiary/aromatic N) is 2. The largest absolute Gasteiger partial charge is 0.382 e. The van der Waals surface area contributed by atoms with Crippen LogP contribution >= 0.6 is 12.2 Å². The molecule has 0 bridgehead atoms. The third-order valence-electron chi connectivity index (χ3n) is 4.26. The van der Waals surface area contributed by atoms with Gasteiger partial charge in [0.2, 0.25) is 0 Å². The number of carbonyl (C=O) groups is 1. The third kappa shape index (κ3) is 4.52. The summed E-state index contributed by atoms with van der Waals surface area (Å²) < 4.78 is 0. The highest BCUT2D eigenvalue weighted by Gasteiger charge is 2.34. The van der Waals surface area contributed by atoms with Crippen molar-refractivity contribution in [2.75, 3.05) is 5.32 Å². The van der Waals surface area contributed by atoms with E-state index in [0.29, 0.717) is 23.5 Å². The molecule has 6 heteroatoms. The Morgan fingerprint density at radius 2 is 1.96 bits per heavy atom. The quantitative estimate of drug-likeness (QED) is 0.788. The van der Waals surface area contributed by atoms with Gasteiger partial charge in [-0.15, -0.1) is 0 Å². The predicted molar refractivity (Wildman–Crippen MR) is 107 cm³/mol. The van der Waals surface area contributed by atoms with Gasteiger partial charge in [-0.05, 0) is 30.0 Å². The van der Waals surface area contributed by atoms with Gasteiger partial charge >= 0.3 is 0 Å². The summed E-state index contributed by atoms with van der Waals surface area (Å²) in [5.74, 6) is 0.0693. The fraction of sp³-hybridized carbons (Fsp3) is 0.300. The SMILES string of the molecule is CC1(C)CC(=O)C(C(=S)Nc2ccccc2)=C(NCc2ccncn2)C1. The molecule has 0 spiro atoms. The molecule has 0 amide bonds. The van der Waals surface area contributed by atoms with E-state index in [4.69, 9.17) is 12.2 Å². The minimum Gasteiger partial charge on any atom is -0.382 e. The van der Waals surface area contributed by atoms with Gasteiger partial charge in [0.1, 0.15) is 11.3 Å². The molecule has 3 rings (SSSR count). The summed E-state index contributed by atoms with van der Waals surface area (Å²) >= 11 is 5.56. The molecular formula is C20H22N4OS. The summed E-state index contributed by atoms with van der Waals surface area (Å²) in [5.41, 5.74) is 3.09. The Morgan fingerprint density at radius 1 is 1.19 bits per heavy atom. The molecule has 1 aliphatic carbocycles. The number of para-hydroxylation sites is 1. The van der Waals surface area contributed by atoms with Gasteiger partial charge in [-0.1, -0.05) is 44.3 Å². The van der Waals surface area contributed by atoms with E-state index in [9.17, 15) is 4.79 Å². The number of hydrogen-bond donors (Lipinski definition) is 2. The molecule has 1 aromatic heterocycles. The molecule has 0 radical (unpaired) electrons. The van der Waals surface area contributed by atoms with Crippen molar-refractivity contribution in [1.82, 2.24) is 15.3 Å². The number of aromatic nitrogens is 2. The second kappa shape index (κ2) is 7.74. The average Bonchev–Trinajstić information content (AvgIpc) is 2.60. The summed E-state index contributed by atoms with van der Waals surface area (Å²) in [5, 5.41) is 6.57. The smallest absolute Gasteiger partial charge is 0.168 e. The Morgan fingerprint density at radius 3 is 2.65 bits per heavy atom. The van der Waals surface area contributed by atoms with Crippen molar-refractivity contribution in [3.8, 4) is 0 Å². The van der Waals surface area contributed by atoms with E-state index in [2.05, 4.69) is 34.4 Å². The van der Waals surface area contributed by atoms with E-state index in [0.717, 1.165) is 23.5 Å². The molecule has 134 valence electrons. The zero-order chi connectivity index (χ0) is 18.6.